The third kappa shape index (κ3) is 5.67. The molecule has 10 rings (SSSR count). The molecule has 8 heteroatoms. The van der Waals surface area contributed by atoms with Crippen LogP contribution in [0.3, 0.4) is 0 Å². The van der Waals surface area contributed by atoms with Crippen molar-refractivity contribution >= 4 is 76.2 Å². The van der Waals surface area contributed by atoms with E-state index in [0.717, 1.165) is 50.5 Å². The molecule has 0 saturated carbocycles. The predicted molar refractivity (Wildman–Crippen MR) is 214 cm³/mol. The molecule has 0 fully saturated rings. The van der Waals surface area contributed by atoms with Crippen LogP contribution in [-0.4, -0.2) is 14.5 Å². The van der Waals surface area contributed by atoms with Gasteiger partial charge in [-0.2, -0.15) is 12.1 Å². The fraction of sp³-hybridized carbons (Fsp3) is 0.0889. The number of para-hydroxylation sites is 1. The summed E-state index contributed by atoms with van der Waals surface area (Å²) in [4.78, 5) is 13.9. The zero-order chi connectivity index (χ0) is 35.0. The van der Waals surface area contributed by atoms with Crippen LogP contribution in [-0.2, 0) is 26.5 Å². The Morgan fingerprint density at radius 3 is 2.34 bits per heavy atom. The van der Waals surface area contributed by atoms with Crippen LogP contribution in [0.4, 0.5) is 22.9 Å². The second kappa shape index (κ2) is 12.9. The molecule has 0 saturated heterocycles. The van der Waals surface area contributed by atoms with Gasteiger partial charge in [0.1, 0.15) is 11.6 Å². The van der Waals surface area contributed by atoms with Crippen molar-refractivity contribution in [2.75, 3.05) is 9.80 Å². The topological polar surface area (TPSA) is 46.4 Å². The van der Waals surface area contributed by atoms with E-state index in [1.165, 1.54) is 25.7 Å². The maximum atomic E-state index is 6.51. The van der Waals surface area contributed by atoms with Crippen LogP contribution >= 0.6 is 11.3 Å². The smallest absolute Gasteiger partial charge is 0.135 e. The number of pyridine rings is 2. The first-order valence-corrected chi connectivity index (χ1v) is 18.1. The summed E-state index contributed by atoms with van der Waals surface area (Å²) in [7, 11) is 0. The average Bonchev–Trinajstić information content (AvgIpc) is 3.84. The van der Waals surface area contributed by atoms with E-state index in [2.05, 4.69) is 145 Å². The number of hydrogen-bond acceptors (Lipinski definition) is 6. The zero-order valence-electron chi connectivity index (χ0n) is 29.1. The van der Waals surface area contributed by atoms with Crippen LogP contribution in [0.1, 0.15) is 26.3 Å². The summed E-state index contributed by atoms with van der Waals surface area (Å²) in [5.74, 6) is 2.86. The minimum atomic E-state index is -0.0120. The minimum Gasteiger partial charge on any atom is -0.509 e. The van der Waals surface area contributed by atoms with E-state index < -0.39 is 0 Å². The second-order valence-electron chi connectivity index (χ2n) is 14.1. The van der Waals surface area contributed by atoms with Crippen molar-refractivity contribution in [1.82, 2.24) is 14.5 Å². The van der Waals surface area contributed by atoms with Crippen molar-refractivity contribution in [2.24, 2.45) is 0 Å². The van der Waals surface area contributed by atoms with Gasteiger partial charge in [0.25, 0.3) is 0 Å². The van der Waals surface area contributed by atoms with Gasteiger partial charge in [-0.1, -0.05) is 74.4 Å². The monoisotopic (exact) mass is 885 g/mol. The van der Waals surface area contributed by atoms with Gasteiger partial charge in [-0.3, -0.25) is 0 Å². The van der Waals surface area contributed by atoms with Crippen molar-refractivity contribution in [3.05, 3.63) is 158 Å². The molecular formula is C45H32N5OPtS-3. The molecule has 0 aliphatic carbocycles. The first-order valence-electron chi connectivity index (χ1n) is 17.3. The number of fused-ring (bicyclic) bond motifs is 7. The molecule has 0 spiro atoms. The standard InChI is InChI=1S/C45H32N5OS.Pt/c1-45(2,3)29-21-23-46-43(24-29)50-38-14-6-4-12-34(38)35-20-18-33(27-40(35)50)51-32-11-8-10-30(25-32)49-28-48(39-15-9-22-47-44(39)49)31-17-19-37-36-13-5-7-16-41(36)52-42(37)26-31;/h4-24,26,28H,1-3H3;/q-3;. The van der Waals surface area contributed by atoms with Crippen molar-refractivity contribution in [3.63, 3.8) is 0 Å². The van der Waals surface area contributed by atoms with Gasteiger partial charge in [-0.15, -0.1) is 53.7 Å². The Bertz CT molecular complexity index is 2840. The molecular weight excluding hydrogens is 854 g/mol. The number of rotatable bonds is 5. The van der Waals surface area contributed by atoms with Crippen LogP contribution in [0.25, 0.3) is 47.8 Å². The Balaban J connectivity index is 0.00000372. The Morgan fingerprint density at radius 2 is 1.45 bits per heavy atom. The summed E-state index contributed by atoms with van der Waals surface area (Å²) in [6.07, 6.45) is 3.72. The Kier molecular flexibility index (Phi) is 8.10. The van der Waals surface area contributed by atoms with Crippen molar-refractivity contribution in [1.29, 1.82) is 0 Å². The molecule has 1 aliphatic rings. The normalized spacial score (nSPS) is 12.9. The van der Waals surface area contributed by atoms with Crippen molar-refractivity contribution < 1.29 is 25.8 Å². The third-order valence-electron chi connectivity index (χ3n) is 9.76. The van der Waals surface area contributed by atoms with Gasteiger partial charge < -0.3 is 19.1 Å². The quantitative estimate of drug-likeness (QED) is 0.161. The minimum absolute atomic E-state index is 0. The van der Waals surface area contributed by atoms with E-state index in [4.69, 9.17) is 14.7 Å². The SMILES string of the molecule is CC(C)(C)c1ccnc(-n2c3[c-]c(Oc4[c-]c(N5[CH-]N(c6ccc7c(c6)sc6ccccc67)c6cccnc65)ccc4)ccc3c3ccccc32)c1.[Pt]. The number of ether oxygens (including phenoxy) is 1. The molecule has 0 atom stereocenters. The largest absolute Gasteiger partial charge is 0.509 e. The van der Waals surface area contributed by atoms with Crippen molar-refractivity contribution in [2.45, 2.75) is 26.2 Å². The van der Waals surface area contributed by atoms with Gasteiger partial charge in [0.15, 0.2) is 0 Å². The van der Waals surface area contributed by atoms with Crippen LogP contribution in [0.2, 0.25) is 0 Å². The van der Waals surface area contributed by atoms with Crippen molar-refractivity contribution in [3.8, 4) is 17.3 Å². The maximum absolute atomic E-state index is 6.51. The molecule has 0 unspecified atom stereocenters. The number of nitrogens with zero attached hydrogens (tertiary/aromatic N) is 5. The summed E-state index contributed by atoms with van der Waals surface area (Å²) in [6, 6.07) is 49.1. The molecule has 262 valence electrons. The molecule has 0 N–H and O–H groups in total. The summed E-state index contributed by atoms with van der Waals surface area (Å²) in [5.41, 5.74) is 6.08. The van der Waals surface area contributed by atoms with Gasteiger partial charge in [0, 0.05) is 76.3 Å². The first kappa shape index (κ1) is 33.4. The third-order valence-corrected chi connectivity index (χ3v) is 10.9. The Labute approximate surface area is 326 Å². The maximum Gasteiger partial charge on any atom is 0.135 e. The fourth-order valence-electron chi connectivity index (χ4n) is 7.17. The van der Waals surface area contributed by atoms with Crippen LogP contribution in [0, 0.1) is 18.8 Å². The van der Waals surface area contributed by atoms with E-state index in [9.17, 15) is 0 Å². The van der Waals surface area contributed by atoms with Crippen LogP contribution in [0.5, 0.6) is 11.5 Å². The molecule has 0 bridgehead atoms. The summed E-state index contributed by atoms with van der Waals surface area (Å²) < 4.78 is 11.2. The molecule has 0 radical (unpaired) electrons. The van der Waals surface area contributed by atoms with E-state index in [1.54, 1.807) is 0 Å². The number of aromatic nitrogens is 3. The fourth-order valence-corrected chi connectivity index (χ4v) is 8.31. The molecule has 0 amide bonds. The zero-order valence-corrected chi connectivity index (χ0v) is 32.2. The predicted octanol–water partition coefficient (Wildman–Crippen LogP) is 12.0. The molecule has 4 aromatic heterocycles. The van der Waals surface area contributed by atoms with Gasteiger partial charge in [0.2, 0.25) is 0 Å². The number of thiophene rings is 1. The van der Waals surface area contributed by atoms with E-state index >= 15 is 0 Å². The number of anilines is 4. The van der Waals surface area contributed by atoms with Gasteiger partial charge in [0.05, 0.1) is 5.69 Å². The van der Waals surface area contributed by atoms with E-state index in [-0.39, 0.29) is 26.5 Å². The average molecular weight is 886 g/mol. The number of benzene rings is 5. The molecule has 9 aromatic rings. The molecule has 6 nitrogen and oxygen atoms in total. The molecule has 53 heavy (non-hydrogen) atoms. The molecule has 5 aromatic carbocycles. The first-order chi connectivity index (χ1) is 25.4. The van der Waals surface area contributed by atoms with Gasteiger partial charge in [-0.25, -0.2) is 9.97 Å². The van der Waals surface area contributed by atoms with E-state index in [1.807, 2.05) is 54.1 Å². The second-order valence-corrected chi connectivity index (χ2v) is 15.2. The summed E-state index contributed by atoms with van der Waals surface area (Å²) in [6.45, 7) is 8.74. The Hall–Kier alpha value is -5.49. The van der Waals surface area contributed by atoms with Crippen LogP contribution < -0.4 is 14.5 Å². The van der Waals surface area contributed by atoms with Gasteiger partial charge >= 0.3 is 0 Å². The van der Waals surface area contributed by atoms with Crippen LogP contribution in [0.15, 0.2) is 134 Å². The molecule has 5 heterocycles. The Morgan fingerprint density at radius 1 is 0.660 bits per heavy atom. The van der Waals surface area contributed by atoms with E-state index in [0.29, 0.717) is 11.5 Å². The number of hydrogen-bond donors (Lipinski definition) is 0. The summed E-state index contributed by atoms with van der Waals surface area (Å²) >= 11 is 1.82. The summed E-state index contributed by atoms with van der Waals surface area (Å²) in [5, 5.41) is 4.80. The molecule has 1 aliphatic heterocycles. The van der Waals surface area contributed by atoms with Gasteiger partial charge in [-0.05, 0) is 64.9 Å².